The SMILES string of the molecule is Cc1ccccc1C(=O)N1C=Cc2ccccc2[C@]1(C#N)[C@H](C)c1ccccc1. The van der Waals surface area contributed by atoms with Crippen molar-refractivity contribution in [2.45, 2.75) is 25.3 Å². The molecule has 2 atom stereocenters. The fraction of sp³-hybridized carbons (Fsp3) is 0.154. The molecular formula is C26H22N2O. The minimum atomic E-state index is -1.15. The van der Waals surface area contributed by atoms with Crippen LogP contribution in [0.4, 0.5) is 0 Å². The smallest absolute Gasteiger partial charge is 0.259 e. The monoisotopic (exact) mass is 378 g/mol. The van der Waals surface area contributed by atoms with Gasteiger partial charge in [0.2, 0.25) is 0 Å². The molecule has 0 saturated heterocycles. The molecule has 0 bridgehead atoms. The van der Waals surface area contributed by atoms with E-state index in [9.17, 15) is 10.1 Å². The molecule has 0 fully saturated rings. The predicted octanol–water partition coefficient (Wildman–Crippen LogP) is 5.64. The standard InChI is InChI=1S/C26H22N2O/c1-19-10-6-8-14-23(19)25(29)28-17-16-22-13-7-9-15-24(22)26(28,18-27)20(2)21-11-4-3-5-12-21/h3-17,20H,1-2H3/t20-,26+/m1/s1. The zero-order valence-corrected chi connectivity index (χ0v) is 16.5. The number of benzene rings is 3. The third kappa shape index (κ3) is 2.94. The number of nitriles is 1. The van der Waals surface area contributed by atoms with Gasteiger partial charge in [0.1, 0.15) is 0 Å². The van der Waals surface area contributed by atoms with Gasteiger partial charge in [0.15, 0.2) is 5.54 Å². The summed E-state index contributed by atoms with van der Waals surface area (Å²) in [5.74, 6) is -0.397. The van der Waals surface area contributed by atoms with Gasteiger partial charge in [0.25, 0.3) is 5.91 Å². The topological polar surface area (TPSA) is 44.1 Å². The van der Waals surface area contributed by atoms with E-state index in [4.69, 9.17) is 0 Å². The summed E-state index contributed by atoms with van der Waals surface area (Å²) in [5.41, 5.74) is 3.18. The molecule has 1 aliphatic heterocycles. The summed E-state index contributed by atoms with van der Waals surface area (Å²) in [6.07, 6.45) is 3.68. The molecule has 1 aliphatic rings. The van der Waals surface area contributed by atoms with E-state index in [0.29, 0.717) is 5.56 Å². The number of aryl methyl sites for hydroxylation is 1. The second kappa shape index (κ2) is 7.41. The Morgan fingerprint density at radius 3 is 2.34 bits per heavy atom. The Morgan fingerprint density at radius 2 is 1.62 bits per heavy atom. The zero-order valence-electron chi connectivity index (χ0n) is 16.5. The van der Waals surface area contributed by atoms with Crippen LogP contribution >= 0.6 is 0 Å². The van der Waals surface area contributed by atoms with Crippen LogP contribution in [0.3, 0.4) is 0 Å². The summed E-state index contributed by atoms with van der Waals surface area (Å²) >= 11 is 0. The largest absolute Gasteiger partial charge is 0.291 e. The van der Waals surface area contributed by atoms with Crippen LogP contribution in [-0.4, -0.2) is 10.8 Å². The van der Waals surface area contributed by atoms with Gasteiger partial charge in [-0.2, -0.15) is 5.26 Å². The lowest BCUT2D eigenvalue weighted by molar-refractivity contribution is 0.0663. The summed E-state index contributed by atoms with van der Waals surface area (Å²) in [5, 5.41) is 10.6. The van der Waals surface area contributed by atoms with Gasteiger partial charge in [-0.25, -0.2) is 0 Å². The molecule has 0 radical (unpaired) electrons. The molecule has 3 aromatic rings. The lowest BCUT2D eigenvalue weighted by atomic mass is 9.72. The maximum Gasteiger partial charge on any atom is 0.259 e. The molecule has 0 spiro atoms. The van der Waals surface area contributed by atoms with Crippen molar-refractivity contribution >= 4 is 12.0 Å². The van der Waals surface area contributed by atoms with Crippen LogP contribution in [0.5, 0.6) is 0 Å². The molecule has 4 rings (SSSR count). The van der Waals surface area contributed by atoms with Gasteiger partial charge in [0, 0.05) is 23.2 Å². The van der Waals surface area contributed by atoms with Gasteiger partial charge in [-0.15, -0.1) is 0 Å². The highest BCUT2D eigenvalue weighted by Crippen LogP contribution is 2.46. The van der Waals surface area contributed by atoms with Gasteiger partial charge in [-0.1, -0.05) is 79.7 Å². The van der Waals surface area contributed by atoms with E-state index in [0.717, 1.165) is 22.3 Å². The first-order chi connectivity index (χ1) is 14.1. The van der Waals surface area contributed by atoms with E-state index >= 15 is 0 Å². The van der Waals surface area contributed by atoms with Gasteiger partial charge in [-0.3, -0.25) is 9.69 Å². The fourth-order valence-corrected chi connectivity index (χ4v) is 4.20. The van der Waals surface area contributed by atoms with Crippen molar-refractivity contribution in [2.24, 2.45) is 0 Å². The predicted molar refractivity (Wildman–Crippen MR) is 115 cm³/mol. The number of fused-ring (bicyclic) bond motifs is 1. The Balaban J connectivity index is 1.94. The van der Waals surface area contributed by atoms with E-state index < -0.39 is 5.54 Å². The number of amides is 1. The normalized spacial score (nSPS) is 18.6. The van der Waals surface area contributed by atoms with Crippen molar-refractivity contribution in [1.82, 2.24) is 4.90 Å². The first-order valence-corrected chi connectivity index (χ1v) is 9.73. The Kier molecular flexibility index (Phi) is 4.78. The van der Waals surface area contributed by atoms with E-state index in [1.165, 1.54) is 0 Å². The second-order valence-corrected chi connectivity index (χ2v) is 7.40. The van der Waals surface area contributed by atoms with Gasteiger partial charge < -0.3 is 0 Å². The maximum atomic E-state index is 13.7. The van der Waals surface area contributed by atoms with Crippen LogP contribution < -0.4 is 0 Å². The minimum Gasteiger partial charge on any atom is -0.291 e. The summed E-state index contributed by atoms with van der Waals surface area (Å²) < 4.78 is 0. The number of hydrogen-bond donors (Lipinski definition) is 0. The first-order valence-electron chi connectivity index (χ1n) is 9.73. The number of carbonyl (C=O) groups excluding carboxylic acids is 1. The first kappa shape index (κ1) is 18.7. The third-order valence-electron chi connectivity index (χ3n) is 5.85. The molecule has 3 nitrogen and oxygen atoms in total. The highest BCUT2D eigenvalue weighted by Gasteiger charge is 2.49. The molecule has 142 valence electrons. The fourth-order valence-electron chi connectivity index (χ4n) is 4.20. The Hall–Kier alpha value is -3.64. The van der Waals surface area contributed by atoms with Crippen molar-refractivity contribution in [3.63, 3.8) is 0 Å². The highest BCUT2D eigenvalue weighted by molar-refractivity contribution is 5.98. The molecule has 0 unspecified atom stereocenters. The average molecular weight is 378 g/mol. The van der Waals surface area contributed by atoms with Crippen LogP contribution in [-0.2, 0) is 5.54 Å². The zero-order chi connectivity index (χ0) is 20.4. The van der Waals surface area contributed by atoms with Crippen molar-refractivity contribution < 1.29 is 4.79 Å². The summed E-state index contributed by atoms with van der Waals surface area (Å²) in [4.78, 5) is 15.3. The van der Waals surface area contributed by atoms with Crippen molar-refractivity contribution in [2.75, 3.05) is 0 Å². The number of hydrogen-bond acceptors (Lipinski definition) is 2. The maximum absolute atomic E-state index is 13.7. The van der Waals surface area contributed by atoms with E-state index in [1.807, 2.05) is 98.8 Å². The van der Waals surface area contributed by atoms with Crippen molar-refractivity contribution in [1.29, 1.82) is 5.26 Å². The minimum absolute atomic E-state index is 0.168. The second-order valence-electron chi connectivity index (χ2n) is 7.40. The molecule has 3 heteroatoms. The Labute approximate surface area is 171 Å². The number of rotatable bonds is 3. The molecular weight excluding hydrogens is 356 g/mol. The van der Waals surface area contributed by atoms with Crippen LogP contribution in [0.15, 0.2) is 85.1 Å². The Bertz CT molecular complexity index is 1130. The van der Waals surface area contributed by atoms with Crippen molar-refractivity contribution in [3.8, 4) is 6.07 Å². The van der Waals surface area contributed by atoms with Gasteiger partial charge in [0.05, 0.1) is 6.07 Å². The van der Waals surface area contributed by atoms with Crippen LogP contribution in [0.1, 0.15) is 45.5 Å². The highest BCUT2D eigenvalue weighted by atomic mass is 16.2. The van der Waals surface area contributed by atoms with Gasteiger partial charge in [-0.05, 0) is 35.8 Å². The lowest BCUT2D eigenvalue weighted by Gasteiger charge is -2.44. The van der Waals surface area contributed by atoms with E-state index in [-0.39, 0.29) is 11.8 Å². The molecule has 0 aliphatic carbocycles. The quantitative estimate of drug-likeness (QED) is 0.591. The summed E-state index contributed by atoms with van der Waals surface area (Å²) in [7, 11) is 0. The number of nitrogens with zero attached hydrogens (tertiary/aromatic N) is 2. The summed E-state index contributed by atoms with van der Waals surface area (Å²) in [6, 6.07) is 27.8. The van der Waals surface area contributed by atoms with Gasteiger partial charge >= 0.3 is 0 Å². The molecule has 0 aromatic heterocycles. The van der Waals surface area contributed by atoms with Crippen LogP contribution in [0.2, 0.25) is 0 Å². The Morgan fingerprint density at radius 1 is 0.966 bits per heavy atom. The molecule has 0 N–H and O–H groups in total. The lowest BCUT2D eigenvalue weighted by Crippen LogP contribution is -2.50. The van der Waals surface area contributed by atoms with E-state index in [2.05, 4.69) is 6.07 Å². The third-order valence-corrected chi connectivity index (χ3v) is 5.85. The molecule has 1 amide bonds. The summed E-state index contributed by atoms with van der Waals surface area (Å²) in [6.45, 7) is 3.94. The molecule has 29 heavy (non-hydrogen) atoms. The van der Waals surface area contributed by atoms with Crippen LogP contribution in [0.25, 0.3) is 6.08 Å². The van der Waals surface area contributed by atoms with Crippen LogP contribution in [0, 0.1) is 18.3 Å². The molecule has 3 aromatic carbocycles. The average Bonchev–Trinajstić information content (AvgIpc) is 2.78. The molecule has 1 heterocycles. The van der Waals surface area contributed by atoms with Crippen molar-refractivity contribution in [3.05, 3.63) is 113 Å². The number of carbonyl (C=O) groups is 1. The molecule has 0 saturated carbocycles. The van der Waals surface area contributed by atoms with E-state index in [1.54, 1.807) is 11.1 Å².